The number of hydrogen-bond donors (Lipinski definition) is 2. The van der Waals surface area contributed by atoms with E-state index in [0.29, 0.717) is 18.0 Å². The average molecular weight is 310 g/mol. The fraction of sp³-hybridized carbons (Fsp3) is 0.944. The highest BCUT2D eigenvalue weighted by atomic mass is 16.6. The standard InChI is InChI=1S/C18H34N2O2/c1-13-8-5-6-10-15(13)20-16-11-7-9-14(16)12-19-17(21)22-18(2,3)4/h13-16,20H,5-12H2,1-4H3,(H,19,21). The van der Waals surface area contributed by atoms with E-state index >= 15 is 0 Å². The summed E-state index contributed by atoms with van der Waals surface area (Å²) in [6, 6.07) is 1.22. The molecule has 2 saturated carbocycles. The molecule has 4 nitrogen and oxygen atoms in total. The first kappa shape index (κ1) is 17.6. The Bertz CT molecular complexity index is 365. The Morgan fingerprint density at radius 2 is 1.73 bits per heavy atom. The van der Waals surface area contributed by atoms with Crippen LogP contribution in [0.15, 0.2) is 0 Å². The summed E-state index contributed by atoms with van der Waals surface area (Å²) in [5, 5.41) is 6.86. The lowest BCUT2D eigenvalue weighted by molar-refractivity contribution is 0.0516. The molecule has 0 bridgehead atoms. The zero-order valence-corrected chi connectivity index (χ0v) is 14.8. The first-order valence-corrected chi connectivity index (χ1v) is 9.08. The van der Waals surface area contributed by atoms with Crippen LogP contribution < -0.4 is 10.6 Å². The topological polar surface area (TPSA) is 50.4 Å². The van der Waals surface area contributed by atoms with E-state index in [9.17, 15) is 4.79 Å². The molecule has 1 amide bonds. The van der Waals surface area contributed by atoms with E-state index in [2.05, 4.69) is 17.6 Å². The van der Waals surface area contributed by atoms with Gasteiger partial charge in [-0.15, -0.1) is 0 Å². The fourth-order valence-electron chi connectivity index (χ4n) is 3.87. The Morgan fingerprint density at radius 1 is 1.05 bits per heavy atom. The van der Waals surface area contributed by atoms with E-state index in [1.54, 1.807) is 0 Å². The van der Waals surface area contributed by atoms with Gasteiger partial charge >= 0.3 is 6.09 Å². The highest BCUT2D eigenvalue weighted by Crippen LogP contribution is 2.30. The molecule has 4 unspecified atom stereocenters. The van der Waals surface area contributed by atoms with Gasteiger partial charge in [0.1, 0.15) is 5.60 Å². The highest BCUT2D eigenvalue weighted by molar-refractivity contribution is 5.67. The summed E-state index contributed by atoms with van der Waals surface area (Å²) in [4.78, 5) is 11.8. The molecule has 22 heavy (non-hydrogen) atoms. The fourth-order valence-corrected chi connectivity index (χ4v) is 3.87. The molecule has 2 fully saturated rings. The number of nitrogens with one attached hydrogen (secondary N) is 2. The van der Waals surface area contributed by atoms with Crippen LogP contribution in [-0.4, -0.2) is 30.3 Å². The van der Waals surface area contributed by atoms with Gasteiger partial charge in [0.25, 0.3) is 0 Å². The second-order valence-corrected chi connectivity index (χ2v) is 8.22. The van der Waals surface area contributed by atoms with Crippen LogP contribution in [0.2, 0.25) is 0 Å². The van der Waals surface area contributed by atoms with E-state index in [4.69, 9.17) is 4.74 Å². The zero-order chi connectivity index (χ0) is 16.2. The van der Waals surface area contributed by atoms with Crippen LogP contribution in [0, 0.1) is 11.8 Å². The summed E-state index contributed by atoms with van der Waals surface area (Å²) >= 11 is 0. The van der Waals surface area contributed by atoms with E-state index in [0.717, 1.165) is 12.5 Å². The van der Waals surface area contributed by atoms with E-state index in [1.807, 2.05) is 20.8 Å². The van der Waals surface area contributed by atoms with E-state index in [1.165, 1.54) is 44.9 Å². The lowest BCUT2D eigenvalue weighted by atomic mass is 9.85. The number of ether oxygens (including phenoxy) is 1. The zero-order valence-electron chi connectivity index (χ0n) is 14.8. The molecule has 4 atom stereocenters. The summed E-state index contributed by atoms with van der Waals surface area (Å²) in [7, 11) is 0. The van der Waals surface area contributed by atoms with Crippen molar-refractivity contribution >= 4 is 6.09 Å². The van der Waals surface area contributed by atoms with Crippen molar-refractivity contribution in [3.05, 3.63) is 0 Å². The number of amides is 1. The molecule has 2 aliphatic rings. The number of rotatable bonds is 4. The van der Waals surface area contributed by atoms with Gasteiger partial charge in [0.2, 0.25) is 0 Å². The average Bonchev–Trinajstić information content (AvgIpc) is 2.84. The third kappa shape index (κ3) is 5.45. The molecule has 2 rings (SSSR count). The molecule has 0 aromatic carbocycles. The Morgan fingerprint density at radius 3 is 2.41 bits per heavy atom. The van der Waals surface area contributed by atoms with Crippen LogP contribution in [0.25, 0.3) is 0 Å². The molecule has 4 heteroatoms. The normalized spacial score (nSPS) is 32.7. The van der Waals surface area contributed by atoms with Gasteiger partial charge in [0.05, 0.1) is 0 Å². The maximum atomic E-state index is 11.8. The molecule has 0 aromatic heterocycles. The lowest BCUT2D eigenvalue weighted by Gasteiger charge is -2.34. The molecular weight excluding hydrogens is 276 g/mol. The lowest BCUT2D eigenvalue weighted by Crippen LogP contribution is -2.47. The maximum Gasteiger partial charge on any atom is 0.407 e. The minimum Gasteiger partial charge on any atom is -0.444 e. The highest BCUT2D eigenvalue weighted by Gasteiger charge is 2.31. The van der Waals surface area contributed by atoms with Crippen molar-refractivity contribution in [1.29, 1.82) is 0 Å². The predicted octanol–water partition coefficient (Wildman–Crippen LogP) is 3.85. The van der Waals surface area contributed by atoms with Crippen molar-refractivity contribution in [3.63, 3.8) is 0 Å². The van der Waals surface area contributed by atoms with Crippen molar-refractivity contribution in [2.45, 2.75) is 90.3 Å². The number of carbonyl (C=O) groups excluding carboxylic acids is 1. The molecule has 0 radical (unpaired) electrons. The molecule has 128 valence electrons. The first-order chi connectivity index (χ1) is 10.3. The number of carbonyl (C=O) groups is 1. The molecule has 0 aromatic rings. The second-order valence-electron chi connectivity index (χ2n) is 8.22. The van der Waals surface area contributed by atoms with Crippen molar-refractivity contribution in [2.24, 2.45) is 11.8 Å². The molecular formula is C18H34N2O2. The third-order valence-electron chi connectivity index (χ3n) is 5.11. The Labute approximate surface area is 135 Å². The van der Waals surface area contributed by atoms with Gasteiger partial charge in [-0.1, -0.05) is 26.2 Å². The van der Waals surface area contributed by atoms with Crippen molar-refractivity contribution < 1.29 is 9.53 Å². The van der Waals surface area contributed by atoms with Crippen LogP contribution in [0.5, 0.6) is 0 Å². The van der Waals surface area contributed by atoms with Crippen LogP contribution in [0.4, 0.5) is 4.79 Å². The summed E-state index contributed by atoms with van der Waals surface area (Å²) < 4.78 is 5.33. The van der Waals surface area contributed by atoms with Gasteiger partial charge in [-0.05, 0) is 58.3 Å². The second kappa shape index (κ2) is 7.67. The summed E-state index contributed by atoms with van der Waals surface area (Å²) in [5.74, 6) is 1.33. The molecule has 2 N–H and O–H groups in total. The Kier molecular flexibility index (Phi) is 6.13. The van der Waals surface area contributed by atoms with Crippen molar-refractivity contribution in [3.8, 4) is 0 Å². The van der Waals surface area contributed by atoms with Gasteiger partial charge < -0.3 is 15.4 Å². The SMILES string of the molecule is CC1CCCCC1NC1CCCC1CNC(=O)OC(C)(C)C. The van der Waals surface area contributed by atoms with Crippen LogP contribution in [-0.2, 0) is 4.74 Å². The van der Waals surface area contributed by atoms with Gasteiger partial charge in [0.15, 0.2) is 0 Å². The summed E-state index contributed by atoms with van der Waals surface area (Å²) in [6.07, 6.45) is 8.82. The van der Waals surface area contributed by atoms with E-state index < -0.39 is 5.60 Å². The van der Waals surface area contributed by atoms with E-state index in [-0.39, 0.29) is 6.09 Å². The third-order valence-corrected chi connectivity index (χ3v) is 5.11. The molecule has 0 spiro atoms. The quantitative estimate of drug-likeness (QED) is 0.829. The minimum absolute atomic E-state index is 0.288. The molecule has 2 aliphatic carbocycles. The van der Waals surface area contributed by atoms with Crippen molar-refractivity contribution in [1.82, 2.24) is 10.6 Å². The van der Waals surface area contributed by atoms with Gasteiger partial charge in [0, 0.05) is 18.6 Å². The minimum atomic E-state index is -0.422. The Hall–Kier alpha value is -0.770. The Balaban J connectivity index is 1.77. The molecule has 0 saturated heterocycles. The van der Waals surface area contributed by atoms with Crippen LogP contribution in [0.3, 0.4) is 0 Å². The van der Waals surface area contributed by atoms with Crippen molar-refractivity contribution in [2.75, 3.05) is 6.54 Å². The first-order valence-electron chi connectivity index (χ1n) is 9.08. The summed E-state index contributed by atoms with van der Waals surface area (Å²) in [6.45, 7) is 8.80. The summed E-state index contributed by atoms with van der Waals surface area (Å²) in [5.41, 5.74) is -0.422. The van der Waals surface area contributed by atoms with Gasteiger partial charge in [-0.3, -0.25) is 0 Å². The van der Waals surface area contributed by atoms with Crippen LogP contribution in [0.1, 0.15) is 72.6 Å². The molecule has 0 heterocycles. The largest absolute Gasteiger partial charge is 0.444 e. The smallest absolute Gasteiger partial charge is 0.407 e. The monoisotopic (exact) mass is 310 g/mol. The predicted molar refractivity (Wildman–Crippen MR) is 89.9 cm³/mol. The maximum absolute atomic E-state index is 11.8. The number of hydrogen-bond acceptors (Lipinski definition) is 3. The van der Waals surface area contributed by atoms with Crippen LogP contribution >= 0.6 is 0 Å². The molecule has 0 aliphatic heterocycles. The number of alkyl carbamates (subject to hydrolysis) is 1. The van der Waals surface area contributed by atoms with Gasteiger partial charge in [-0.2, -0.15) is 0 Å². The van der Waals surface area contributed by atoms with Gasteiger partial charge in [-0.25, -0.2) is 4.79 Å².